The van der Waals surface area contributed by atoms with Crippen LogP contribution in [0.15, 0.2) is 15.0 Å². The van der Waals surface area contributed by atoms with Crippen LogP contribution in [0.1, 0.15) is 10.4 Å². The van der Waals surface area contributed by atoms with Crippen LogP contribution in [0.2, 0.25) is 0 Å². The number of nitrogens with one attached hydrogen (secondary N) is 1. The van der Waals surface area contributed by atoms with Gasteiger partial charge in [-0.3, -0.25) is 0 Å². The molecule has 1 rings (SSSR count). The summed E-state index contributed by atoms with van der Waals surface area (Å²) in [4.78, 5) is 11.0. The lowest BCUT2D eigenvalue weighted by atomic mass is 10.1. The van der Waals surface area contributed by atoms with Gasteiger partial charge in [0.1, 0.15) is 5.56 Å². The Morgan fingerprint density at radius 1 is 1.44 bits per heavy atom. The minimum atomic E-state index is -1.43. The number of rotatable bonds is 5. The number of anilines is 1. The fraction of sp³-hybridized carbons (Fsp3) is 0.300. The van der Waals surface area contributed by atoms with Crippen molar-refractivity contribution in [1.29, 1.82) is 0 Å². The monoisotopic (exact) mass is 385 g/mol. The Kier molecular flexibility index (Phi) is 5.51. The molecular formula is C10H10Br2FNO4. The second-order valence-corrected chi connectivity index (χ2v) is 5.14. The van der Waals surface area contributed by atoms with Gasteiger partial charge in [-0.25, -0.2) is 9.18 Å². The predicted octanol–water partition coefficient (Wildman–Crippen LogP) is 1.81. The molecule has 0 radical (unpaired) electrons. The highest BCUT2D eigenvalue weighted by Gasteiger charge is 2.22. The number of aliphatic hydroxyl groups is 2. The fourth-order valence-corrected chi connectivity index (χ4v) is 2.56. The number of halogens is 3. The Labute approximate surface area is 119 Å². The quantitative estimate of drug-likeness (QED) is 0.579. The van der Waals surface area contributed by atoms with Gasteiger partial charge >= 0.3 is 5.97 Å². The molecule has 1 aromatic carbocycles. The zero-order chi connectivity index (χ0) is 13.9. The molecule has 0 fully saturated rings. The third kappa shape index (κ3) is 3.41. The molecule has 100 valence electrons. The van der Waals surface area contributed by atoms with Gasteiger partial charge in [0.15, 0.2) is 5.82 Å². The Morgan fingerprint density at radius 2 is 2.06 bits per heavy atom. The van der Waals surface area contributed by atoms with E-state index < -0.39 is 30.1 Å². The van der Waals surface area contributed by atoms with Crippen LogP contribution in [0.3, 0.4) is 0 Å². The summed E-state index contributed by atoms with van der Waals surface area (Å²) in [7, 11) is 0. The van der Waals surface area contributed by atoms with Gasteiger partial charge in [0, 0.05) is 11.0 Å². The zero-order valence-electron chi connectivity index (χ0n) is 8.95. The minimum absolute atomic E-state index is 0.00991. The van der Waals surface area contributed by atoms with Gasteiger partial charge in [-0.15, -0.1) is 0 Å². The molecule has 0 aliphatic carbocycles. The molecule has 0 saturated heterocycles. The molecule has 1 unspecified atom stereocenters. The normalized spacial score (nSPS) is 12.3. The third-order valence-electron chi connectivity index (χ3n) is 2.11. The van der Waals surface area contributed by atoms with Crippen molar-refractivity contribution in [2.75, 3.05) is 18.5 Å². The summed E-state index contributed by atoms with van der Waals surface area (Å²) in [6, 6.07) is 1.36. The Bertz CT molecular complexity index is 470. The number of aromatic carboxylic acids is 1. The van der Waals surface area contributed by atoms with E-state index in [4.69, 9.17) is 10.2 Å². The first-order valence-corrected chi connectivity index (χ1v) is 6.40. The van der Waals surface area contributed by atoms with Crippen molar-refractivity contribution in [1.82, 2.24) is 0 Å². The van der Waals surface area contributed by atoms with E-state index in [-0.39, 0.29) is 16.7 Å². The maximum Gasteiger partial charge on any atom is 0.340 e. The Hall–Kier alpha value is -0.700. The van der Waals surface area contributed by atoms with Crippen molar-refractivity contribution < 1.29 is 24.5 Å². The lowest BCUT2D eigenvalue weighted by molar-refractivity contribution is 0.0692. The van der Waals surface area contributed by atoms with Gasteiger partial charge in [-0.05, 0) is 37.9 Å². The summed E-state index contributed by atoms with van der Waals surface area (Å²) < 4.78 is 14.0. The van der Waals surface area contributed by atoms with Crippen molar-refractivity contribution in [2.45, 2.75) is 6.10 Å². The molecule has 1 aromatic rings. The standard InChI is InChI=1S/C10H10Br2FNO4/c11-5-1-6(12)9(14-2-4(16)3-15)7(8(5)13)10(17)18/h1,4,14-16H,2-3H2,(H,17,18). The molecule has 0 heterocycles. The number of hydrogen-bond donors (Lipinski definition) is 4. The van der Waals surface area contributed by atoms with E-state index in [9.17, 15) is 14.3 Å². The van der Waals surface area contributed by atoms with Gasteiger partial charge in [-0.2, -0.15) is 0 Å². The Balaban J connectivity index is 3.16. The van der Waals surface area contributed by atoms with Crippen molar-refractivity contribution in [3.8, 4) is 0 Å². The summed E-state index contributed by atoms with van der Waals surface area (Å²) in [5.74, 6) is -2.35. The molecule has 0 bridgehead atoms. The first-order valence-electron chi connectivity index (χ1n) is 4.82. The average molecular weight is 387 g/mol. The van der Waals surface area contributed by atoms with E-state index in [2.05, 4.69) is 37.2 Å². The maximum atomic E-state index is 13.7. The highest BCUT2D eigenvalue weighted by Crippen LogP contribution is 2.33. The van der Waals surface area contributed by atoms with Gasteiger partial charge in [0.25, 0.3) is 0 Å². The number of hydrogen-bond acceptors (Lipinski definition) is 4. The first-order chi connectivity index (χ1) is 8.38. The smallest absolute Gasteiger partial charge is 0.340 e. The molecule has 0 aliphatic rings. The molecule has 4 N–H and O–H groups in total. The van der Waals surface area contributed by atoms with E-state index in [1.807, 2.05) is 0 Å². The van der Waals surface area contributed by atoms with Crippen LogP contribution < -0.4 is 5.32 Å². The maximum absolute atomic E-state index is 13.7. The number of carbonyl (C=O) groups is 1. The van der Waals surface area contributed by atoms with Gasteiger partial charge < -0.3 is 20.6 Å². The van der Waals surface area contributed by atoms with Crippen LogP contribution in [0.25, 0.3) is 0 Å². The number of benzene rings is 1. The van der Waals surface area contributed by atoms with Gasteiger partial charge in [-0.1, -0.05) is 0 Å². The van der Waals surface area contributed by atoms with Crippen LogP contribution in [-0.4, -0.2) is 40.5 Å². The van der Waals surface area contributed by atoms with E-state index in [1.165, 1.54) is 6.07 Å². The van der Waals surface area contributed by atoms with E-state index in [0.29, 0.717) is 4.47 Å². The molecule has 18 heavy (non-hydrogen) atoms. The lowest BCUT2D eigenvalue weighted by Gasteiger charge is -2.15. The number of carboxylic acids is 1. The largest absolute Gasteiger partial charge is 0.478 e. The summed E-state index contributed by atoms with van der Waals surface area (Å²) in [6.45, 7) is -0.581. The van der Waals surface area contributed by atoms with E-state index in [1.54, 1.807) is 0 Å². The molecule has 0 amide bonds. The molecule has 0 saturated carbocycles. The third-order valence-corrected chi connectivity index (χ3v) is 3.31. The SMILES string of the molecule is O=C(O)c1c(F)c(Br)cc(Br)c1NCC(O)CO. The number of aliphatic hydroxyl groups excluding tert-OH is 2. The molecule has 5 nitrogen and oxygen atoms in total. The highest BCUT2D eigenvalue weighted by molar-refractivity contribution is 9.11. The van der Waals surface area contributed by atoms with Crippen molar-refractivity contribution in [3.63, 3.8) is 0 Å². The number of carboxylic acid groups (broad SMARTS) is 1. The van der Waals surface area contributed by atoms with E-state index in [0.717, 1.165) is 0 Å². The molecule has 8 heteroatoms. The molecular weight excluding hydrogens is 377 g/mol. The second kappa shape index (κ2) is 6.46. The molecule has 1 atom stereocenters. The fourth-order valence-electron chi connectivity index (χ4n) is 1.25. The van der Waals surface area contributed by atoms with Gasteiger partial charge in [0.2, 0.25) is 0 Å². The summed E-state index contributed by atoms with van der Waals surface area (Å²) >= 11 is 6.01. The average Bonchev–Trinajstić information content (AvgIpc) is 2.30. The second-order valence-electron chi connectivity index (χ2n) is 3.43. The summed E-state index contributed by atoms with van der Waals surface area (Å²) in [6.07, 6.45) is -1.06. The van der Waals surface area contributed by atoms with E-state index >= 15 is 0 Å². The zero-order valence-corrected chi connectivity index (χ0v) is 12.1. The molecule has 0 spiro atoms. The van der Waals surface area contributed by atoms with Crippen LogP contribution in [-0.2, 0) is 0 Å². The summed E-state index contributed by atoms with van der Waals surface area (Å²) in [5, 5.41) is 29.4. The van der Waals surface area contributed by atoms with Crippen LogP contribution in [0, 0.1) is 5.82 Å². The van der Waals surface area contributed by atoms with Crippen molar-refractivity contribution in [2.24, 2.45) is 0 Å². The van der Waals surface area contributed by atoms with Crippen molar-refractivity contribution in [3.05, 3.63) is 26.4 Å². The van der Waals surface area contributed by atoms with Crippen LogP contribution in [0.5, 0.6) is 0 Å². The van der Waals surface area contributed by atoms with Crippen molar-refractivity contribution >= 4 is 43.5 Å². The highest BCUT2D eigenvalue weighted by atomic mass is 79.9. The minimum Gasteiger partial charge on any atom is -0.478 e. The first kappa shape index (κ1) is 15.4. The topological polar surface area (TPSA) is 89.8 Å². The lowest BCUT2D eigenvalue weighted by Crippen LogP contribution is -2.24. The predicted molar refractivity (Wildman–Crippen MR) is 70.3 cm³/mol. The van der Waals surface area contributed by atoms with Crippen LogP contribution >= 0.6 is 31.9 Å². The molecule has 0 aliphatic heterocycles. The molecule has 0 aromatic heterocycles. The summed E-state index contributed by atoms with van der Waals surface area (Å²) in [5.41, 5.74) is -0.530. The van der Waals surface area contributed by atoms with Crippen LogP contribution in [0.4, 0.5) is 10.1 Å². The Morgan fingerprint density at radius 3 is 2.56 bits per heavy atom. The van der Waals surface area contributed by atoms with Gasteiger partial charge in [0.05, 0.1) is 22.9 Å².